The van der Waals surface area contributed by atoms with Gasteiger partial charge in [0.25, 0.3) is 11.8 Å². The minimum atomic E-state index is -1.02. The van der Waals surface area contributed by atoms with E-state index in [4.69, 9.17) is 26.8 Å². The number of hydrogen-bond donors (Lipinski definition) is 2. The third-order valence-corrected chi connectivity index (χ3v) is 5.51. The number of benzene rings is 3. The number of carbonyl (C=O) groups is 3. The lowest BCUT2D eigenvalue weighted by Gasteiger charge is -2.29. The number of aromatic carboxylic acids is 1. The van der Waals surface area contributed by atoms with E-state index in [0.717, 1.165) is 5.56 Å². The lowest BCUT2D eigenvalue weighted by Crippen LogP contribution is -2.54. The highest BCUT2D eigenvalue weighted by molar-refractivity contribution is 7.80. The average molecular weight is 489 g/mol. The fourth-order valence-corrected chi connectivity index (χ4v) is 3.77. The van der Waals surface area contributed by atoms with Crippen molar-refractivity contribution in [3.63, 3.8) is 0 Å². The minimum Gasteiger partial charge on any atom is -0.493 e. The standard InChI is InChI=1S/C26H20N2O6S/c1-33-21-9-5-6-18(22(21)34-15-16-10-12-17(13-11-16)25(31)32)14-20-23(29)27-26(35)28(24(20)30)19-7-3-2-4-8-19/h2-14H,15H2,1H3,(H,31,32)(H,27,29,35)/b20-14+. The van der Waals surface area contributed by atoms with E-state index >= 15 is 0 Å². The third kappa shape index (κ3) is 5.04. The second-order valence-corrected chi connectivity index (χ2v) is 7.85. The lowest BCUT2D eigenvalue weighted by atomic mass is 10.1. The first kappa shape index (κ1) is 23.7. The molecule has 3 aromatic carbocycles. The van der Waals surface area contributed by atoms with Crippen LogP contribution in [0.3, 0.4) is 0 Å². The van der Waals surface area contributed by atoms with Crippen molar-refractivity contribution in [2.24, 2.45) is 0 Å². The molecule has 1 saturated heterocycles. The van der Waals surface area contributed by atoms with Gasteiger partial charge in [-0.2, -0.15) is 0 Å². The van der Waals surface area contributed by atoms with Crippen LogP contribution in [-0.2, 0) is 16.2 Å². The van der Waals surface area contributed by atoms with Crippen molar-refractivity contribution in [1.29, 1.82) is 0 Å². The number of para-hydroxylation sites is 2. The van der Waals surface area contributed by atoms with E-state index in [2.05, 4.69) is 5.32 Å². The van der Waals surface area contributed by atoms with Gasteiger partial charge in [-0.15, -0.1) is 0 Å². The first-order valence-electron chi connectivity index (χ1n) is 10.5. The monoisotopic (exact) mass is 488 g/mol. The van der Waals surface area contributed by atoms with Gasteiger partial charge in [0.15, 0.2) is 16.6 Å². The van der Waals surface area contributed by atoms with Crippen molar-refractivity contribution < 1.29 is 29.0 Å². The molecule has 0 bridgehead atoms. The van der Waals surface area contributed by atoms with Crippen LogP contribution in [0.2, 0.25) is 0 Å². The maximum Gasteiger partial charge on any atom is 0.335 e. The number of nitrogens with zero attached hydrogens (tertiary/aromatic N) is 1. The molecule has 2 N–H and O–H groups in total. The second-order valence-electron chi connectivity index (χ2n) is 7.46. The number of thiocarbonyl (C=S) groups is 1. The van der Waals surface area contributed by atoms with E-state index in [1.54, 1.807) is 54.6 Å². The summed E-state index contributed by atoms with van der Waals surface area (Å²) in [6.45, 7) is 0.108. The van der Waals surface area contributed by atoms with E-state index < -0.39 is 17.8 Å². The zero-order valence-electron chi connectivity index (χ0n) is 18.6. The number of hydrogen-bond acceptors (Lipinski definition) is 6. The first-order valence-corrected chi connectivity index (χ1v) is 10.9. The van der Waals surface area contributed by atoms with Gasteiger partial charge in [-0.05, 0) is 54.2 Å². The van der Waals surface area contributed by atoms with E-state index in [0.29, 0.717) is 22.7 Å². The number of amides is 2. The predicted molar refractivity (Wildman–Crippen MR) is 133 cm³/mol. The Balaban J connectivity index is 1.67. The molecule has 1 heterocycles. The van der Waals surface area contributed by atoms with Gasteiger partial charge in [-0.1, -0.05) is 42.5 Å². The van der Waals surface area contributed by atoms with Crippen LogP contribution in [0.5, 0.6) is 11.5 Å². The molecule has 8 nitrogen and oxygen atoms in total. The van der Waals surface area contributed by atoms with Crippen LogP contribution in [0, 0.1) is 0 Å². The average Bonchev–Trinajstić information content (AvgIpc) is 2.86. The lowest BCUT2D eigenvalue weighted by molar-refractivity contribution is -0.122. The Kier molecular flexibility index (Phi) is 6.88. The van der Waals surface area contributed by atoms with Crippen molar-refractivity contribution >= 4 is 46.9 Å². The van der Waals surface area contributed by atoms with Crippen molar-refractivity contribution in [2.75, 3.05) is 12.0 Å². The summed E-state index contributed by atoms with van der Waals surface area (Å²) in [5.41, 5.74) is 1.75. The molecule has 176 valence electrons. The second kappa shape index (κ2) is 10.2. The molecule has 0 aliphatic carbocycles. The summed E-state index contributed by atoms with van der Waals surface area (Å²) in [6.07, 6.45) is 1.43. The fourth-order valence-electron chi connectivity index (χ4n) is 3.49. The van der Waals surface area contributed by atoms with Gasteiger partial charge >= 0.3 is 5.97 Å². The molecule has 1 aliphatic heterocycles. The first-order chi connectivity index (χ1) is 16.9. The summed E-state index contributed by atoms with van der Waals surface area (Å²) in [6, 6.07) is 20.1. The Bertz CT molecular complexity index is 1340. The number of carbonyl (C=O) groups excluding carboxylic acids is 2. The third-order valence-electron chi connectivity index (χ3n) is 5.23. The topological polar surface area (TPSA) is 105 Å². The maximum atomic E-state index is 13.3. The number of carboxylic acid groups (broad SMARTS) is 1. The van der Waals surface area contributed by atoms with Gasteiger partial charge in [-0.25, -0.2) is 4.79 Å². The summed E-state index contributed by atoms with van der Waals surface area (Å²) >= 11 is 5.23. The number of ether oxygens (including phenoxy) is 2. The van der Waals surface area contributed by atoms with Crippen LogP contribution in [0.4, 0.5) is 5.69 Å². The highest BCUT2D eigenvalue weighted by Gasteiger charge is 2.34. The molecule has 1 aliphatic rings. The van der Waals surface area contributed by atoms with Crippen molar-refractivity contribution in [2.45, 2.75) is 6.61 Å². The SMILES string of the molecule is COc1cccc(/C=C2\C(=O)NC(=S)N(c3ccccc3)C2=O)c1OCc1ccc(C(=O)O)cc1. The quantitative estimate of drug-likeness (QED) is 0.296. The Labute approximate surface area is 206 Å². The molecule has 4 rings (SSSR count). The zero-order valence-corrected chi connectivity index (χ0v) is 19.4. The van der Waals surface area contributed by atoms with Gasteiger partial charge in [0.1, 0.15) is 12.2 Å². The van der Waals surface area contributed by atoms with Crippen LogP contribution in [0.15, 0.2) is 78.4 Å². The van der Waals surface area contributed by atoms with Gasteiger partial charge in [0, 0.05) is 5.56 Å². The molecule has 35 heavy (non-hydrogen) atoms. The molecule has 0 unspecified atom stereocenters. The highest BCUT2D eigenvalue weighted by Crippen LogP contribution is 2.34. The molecule has 0 aromatic heterocycles. The molecule has 0 radical (unpaired) electrons. The molecular formula is C26H20N2O6S. The maximum absolute atomic E-state index is 13.3. The number of anilines is 1. The summed E-state index contributed by atoms with van der Waals surface area (Å²) in [7, 11) is 1.48. The van der Waals surface area contributed by atoms with Crippen molar-refractivity contribution in [3.8, 4) is 11.5 Å². The molecule has 0 saturated carbocycles. The van der Waals surface area contributed by atoms with Crippen LogP contribution < -0.4 is 19.7 Å². The molecular weight excluding hydrogens is 468 g/mol. The smallest absolute Gasteiger partial charge is 0.335 e. The van der Waals surface area contributed by atoms with E-state index in [9.17, 15) is 14.4 Å². The number of carboxylic acids is 1. The van der Waals surface area contributed by atoms with Gasteiger partial charge in [0.05, 0.1) is 18.4 Å². The highest BCUT2D eigenvalue weighted by atomic mass is 32.1. The number of methoxy groups -OCH3 is 1. The number of nitrogens with one attached hydrogen (secondary N) is 1. The van der Waals surface area contributed by atoms with E-state index in [1.807, 2.05) is 6.07 Å². The zero-order chi connectivity index (χ0) is 24.9. The van der Waals surface area contributed by atoms with E-state index in [1.165, 1.54) is 30.2 Å². The Morgan fingerprint density at radius 1 is 1.03 bits per heavy atom. The van der Waals surface area contributed by atoms with Crippen LogP contribution in [0.1, 0.15) is 21.5 Å². The van der Waals surface area contributed by atoms with Crippen LogP contribution >= 0.6 is 12.2 Å². The van der Waals surface area contributed by atoms with Crippen molar-refractivity contribution in [3.05, 3.63) is 95.1 Å². The molecule has 9 heteroatoms. The normalized spacial score (nSPS) is 14.6. The van der Waals surface area contributed by atoms with Gasteiger partial charge in [0.2, 0.25) is 0 Å². The Hall–Kier alpha value is -4.50. The summed E-state index contributed by atoms with van der Waals surface area (Å²) in [4.78, 5) is 38.3. The number of rotatable bonds is 7. The van der Waals surface area contributed by atoms with E-state index in [-0.39, 0.29) is 22.9 Å². The largest absolute Gasteiger partial charge is 0.493 e. The van der Waals surface area contributed by atoms with Gasteiger partial charge < -0.3 is 14.6 Å². The van der Waals surface area contributed by atoms with Crippen LogP contribution in [-0.4, -0.2) is 35.1 Å². The van der Waals surface area contributed by atoms with Crippen molar-refractivity contribution in [1.82, 2.24) is 5.32 Å². The van der Waals surface area contributed by atoms with Gasteiger partial charge in [-0.3, -0.25) is 19.8 Å². The summed E-state index contributed by atoms with van der Waals surface area (Å²) in [5, 5.41) is 11.6. The molecule has 3 aromatic rings. The Morgan fingerprint density at radius 2 is 1.74 bits per heavy atom. The molecule has 0 atom stereocenters. The predicted octanol–water partition coefficient (Wildman–Crippen LogP) is 3.80. The minimum absolute atomic E-state index is 0.00438. The Morgan fingerprint density at radius 3 is 2.40 bits per heavy atom. The molecule has 0 spiro atoms. The summed E-state index contributed by atoms with van der Waals surface area (Å²) in [5.74, 6) is -1.48. The summed E-state index contributed by atoms with van der Waals surface area (Å²) < 4.78 is 11.4. The molecule has 1 fully saturated rings. The van der Waals surface area contributed by atoms with Crippen LogP contribution in [0.25, 0.3) is 6.08 Å². The molecule has 2 amide bonds. The fraction of sp³-hybridized carbons (Fsp3) is 0.0769.